The number of hydrogen-bond donors (Lipinski definition) is 1. The molecule has 0 aromatic carbocycles. The van der Waals surface area contributed by atoms with Crippen LogP contribution in [0, 0.1) is 6.92 Å². The Morgan fingerprint density at radius 3 is 3.00 bits per heavy atom. The van der Waals surface area contributed by atoms with Crippen molar-refractivity contribution in [3.05, 3.63) is 16.1 Å². The number of amides is 1. The van der Waals surface area contributed by atoms with Gasteiger partial charge in [0.2, 0.25) is 5.91 Å². The normalized spacial score (nSPS) is 23.0. The number of nitrogens with one attached hydrogen (secondary N) is 1. The lowest BCUT2D eigenvalue weighted by atomic mass is 9.90. The summed E-state index contributed by atoms with van der Waals surface area (Å²) in [7, 11) is 0. The summed E-state index contributed by atoms with van der Waals surface area (Å²) in [6.07, 6.45) is 1.96. The van der Waals surface area contributed by atoms with Crippen LogP contribution in [0.3, 0.4) is 0 Å². The number of nitrogens with zero attached hydrogens (tertiary/aromatic N) is 2. The Hall–Kier alpha value is -0.980. The number of thiazole rings is 1. The van der Waals surface area contributed by atoms with Crippen LogP contribution < -0.4 is 5.32 Å². The van der Waals surface area contributed by atoms with Gasteiger partial charge in [-0.15, -0.1) is 11.3 Å². The number of aromatic nitrogens is 1. The number of aryl methyl sites for hydroxylation is 1. The molecule has 2 aliphatic rings. The van der Waals surface area contributed by atoms with Crippen molar-refractivity contribution in [2.24, 2.45) is 0 Å². The fourth-order valence-electron chi connectivity index (χ4n) is 2.79. The van der Waals surface area contributed by atoms with Gasteiger partial charge < -0.3 is 15.0 Å². The SMILES string of the molecule is Cc1nc(CN2CC3(CCNCC3)OCC2=O)cs1. The maximum absolute atomic E-state index is 12.0. The summed E-state index contributed by atoms with van der Waals surface area (Å²) < 4.78 is 5.84. The molecule has 3 rings (SSSR count). The minimum Gasteiger partial charge on any atom is -0.363 e. The van der Waals surface area contributed by atoms with Gasteiger partial charge in [-0.05, 0) is 32.9 Å². The first-order chi connectivity index (χ1) is 9.17. The zero-order chi connectivity index (χ0) is 13.3. The second-order valence-corrected chi connectivity index (χ2v) is 6.39. The van der Waals surface area contributed by atoms with Crippen molar-refractivity contribution < 1.29 is 9.53 Å². The lowest BCUT2D eigenvalue weighted by molar-refractivity contribution is -0.169. The van der Waals surface area contributed by atoms with Gasteiger partial charge in [-0.2, -0.15) is 0 Å². The number of hydrogen-bond acceptors (Lipinski definition) is 5. The summed E-state index contributed by atoms with van der Waals surface area (Å²) >= 11 is 1.63. The van der Waals surface area contributed by atoms with Crippen molar-refractivity contribution in [2.45, 2.75) is 31.9 Å². The summed E-state index contributed by atoms with van der Waals surface area (Å²) in [6, 6.07) is 0. The number of ether oxygens (including phenoxy) is 1. The molecule has 0 saturated carbocycles. The topological polar surface area (TPSA) is 54.5 Å². The smallest absolute Gasteiger partial charge is 0.249 e. The molecule has 0 atom stereocenters. The maximum Gasteiger partial charge on any atom is 0.249 e. The van der Waals surface area contributed by atoms with Crippen molar-refractivity contribution in [2.75, 3.05) is 26.2 Å². The largest absolute Gasteiger partial charge is 0.363 e. The van der Waals surface area contributed by atoms with E-state index in [9.17, 15) is 4.79 Å². The van der Waals surface area contributed by atoms with Crippen molar-refractivity contribution in [1.82, 2.24) is 15.2 Å². The average Bonchev–Trinajstić information content (AvgIpc) is 2.81. The number of rotatable bonds is 2. The van der Waals surface area contributed by atoms with Crippen LogP contribution in [0.2, 0.25) is 0 Å². The molecule has 0 bridgehead atoms. The third-order valence-electron chi connectivity index (χ3n) is 3.87. The van der Waals surface area contributed by atoms with E-state index in [0.29, 0.717) is 13.1 Å². The molecule has 1 amide bonds. The van der Waals surface area contributed by atoms with Crippen LogP contribution in [0.5, 0.6) is 0 Å². The first kappa shape index (κ1) is 13.0. The molecular weight excluding hydrogens is 262 g/mol. The fraction of sp³-hybridized carbons (Fsp3) is 0.692. The molecule has 2 aliphatic heterocycles. The third-order valence-corrected chi connectivity index (χ3v) is 4.69. The number of piperidine rings is 1. The second-order valence-electron chi connectivity index (χ2n) is 5.33. The highest BCUT2D eigenvalue weighted by atomic mass is 32.1. The lowest BCUT2D eigenvalue weighted by Crippen LogP contribution is -2.57. The number of morpholine rings is 1. The molecule has 0 unspecified atom stereocenters. The fourth-order valence-corrected chi connectivity index (χ4v) is 3.40. The molecule has 6 heteroatoms. The van der Waals surface area contributed by atoms with E-state index in [-0.39, 0.29) is 18.1 Å². The van der Waals surface area contributed by atoms with Crippen LogP contribution in [0.15, 0.2) is 5.38 Å². The van der Waals surface area contributed by atoms with Crippen molar-refractivity contribution in [3.8, 4) is 0 Å². The van der Waals surface area contributed by atoms with E-state index in [4.69, 9.17) is 4.74 Å². The highest BCUT2D eigenvalue weighted by Crippen LogP contribution is 2.28. The van der Waals surface area contributed by atoms with Gasteiger partial charge in [-0.25, -0.2) is 4.98 Å². The summed E-state index contributed by atoms with van der Waals surface area (Å²) in [5.74, 6) is 0.0785. The first-order valence-electron chi connectivity index (χ1n) is 6.70. The van der Waals surface area contributed by atoms with E-state index in [0.717, 1.165) is 36.6 Å². The minimum absolute atomic E-state index is 0.0785. The predicted molar refractivity (Wildman–Crippen MR) is 73.1 cm³/mol. The highest BCUT2D eigenvalue weighted by molar-refractivity contribution is 7.09. The van der Waals surface area contributed by atoms with Crippen molar-refractivity contribution in [1.29, 1.82) is 0 Å². The third kappa shape index (κ3) is 2.80. The van der Waals surface area contributed by atoms with Crippen molar-refractivity contribution in [3.63, 3.8) is 0 Å². The number of carbonyl (C=O) groups is 1. The van der Waals surface area contributed by atoms with Crippen LogP contribution in [0.1, 0.15) is 23.5 Å². The molecular formula is C13H19N3O2S. The van der Waals surface area contributed by atoms with E-state index in [1.807, 2.05) is 17.2 Å². The Labute approximate surface area is 117 Å². The standard InChI is InChI=1S/C13H19N3O2S/c1-10-15-11(8-19-10)6-16-9-13(18-7-12(16)17)2-4-14-5-3-13/h8,14H,2-7,9H2,1H3. The molecule has 1 aromatic rings. The molecule has 0 aliphatic carbocycles. The van der Waals surface area contributed by atoms with E-state index in [2.05, 4.69) is 10.3 Å². The zero-order valence-electron chi connectivity index (χ0n) is 11.1. The van der Waals surface area contributed by atoms with Gasteiger partial charge in [0.1, 0.15) is 6.61 Å². The monoisotopic (exact) mass is 281 g/mol. The highest BCUT2D eigenvalue weighted by Gasteiger charge is 2.40. The molecule has 1 spiro atoms. The van der Waals surface area contributed by atoms with Gasteiger partial charge >= 0.3 is 0 Å². The van der Waals surface area contributed by atoms with E-state index < -0.39 is 0 Å². The Balaban J connectivity index is 1.70. The molecule has 19 heavy (non-hydrogen) atoms. The Kier molecular flexibility index (Phi) is 3.56. The van der Waals surface area contributed by atoms with Gasteiger partial charge in [0.05, 0.1) is 29.4 Å². The Morgan fingerprint density at radius 1 is 1.53 bits per heavy atom. The molecule has 2 saturated heterocycles. The van der Waals surface area contributed by atoms with Gasteiger partial charge in [-0.3, -0.25) is 4.79 Å². The number of carbonyl (C=O) groups excluding carboxylic acids is 1. The minimum atomic E-state index is -0.135. The summed E-state index contributed by atoms with van der Waals surface area (Å²) in [5, 5.41) is 6.42. The summed E-state index contributed by atoms with van der Waals surface area (Å²) in [5.41, 5.74) is 0.853. The van der Waals surface area contributed by atoms with Crippen LogP contribution >= 0.6 is 11.3 Å². The van der Waals surface area contributed by atoms with Crippen LogP contribution in [-0.2, 0) is 16.1 Å². The van der Waals surface area contributed by atoms with E-state index >= 15 is 0 Å². The van der Waals surface area contributed by atoms with E-state index in [1.54, 1.807) is 11.3 Å². The Bertz CT molecular complexity index is 468. The summed E-state index contributed by atoms with van der Waals surface area (Å²) in [4.78, 5) is 18.3. The maximum atomic E-state index is 12.0. The summed E-state index contributed by atoms with van der Waals surface area (Å²) in [6.45, 7) is 5.45. The lowest BCUT2D eigenvalue weighted by Gasteiger charge is -2.44. The van der Waals surface area contributed by atoms with Crippen LogP contribution in [-0.4, -0.2) is 47.6 Å². The van der Waals surface area contributed by atoms with Gasteiger partial charge in [0, 0.05) is 5.38 Å². The van der Waals surface area contributed by atoms with Crippen molar-refractivity contribution >= 4 is 17.2 Å². The first-order valence-corrected chi connectivity index (χ1v) is 7.58. The Morgan fingerprint density at radius 2 is 2.32 bits per heavy atom. The van der Waals surface area contributed by atoms with Gasteiger partial charge in [-0.1, -0.05) is 0 Å². The van der Waals surface area contributed by atoms with Crippen LogP contribution in [0.4, 0.5) is 0 Å². The molecule has 5 nitrogen and oxygen atoms in total. The molecule has 1 N–H and O–H groups in total. The molecule has 104 valence electrons. The quantitative estimate of drug-likeness (QED) is 0.876. The molecule has 2 fully saturated rings. The molecule has 0 radical (unpaired) electrons. The van der Waals surface area contributed by atoms with Crippen LogP contribution in [0.25, 0.3) is 0 Å². The predicted octanol–water partition coefficient (Wildman–Crippen LogP) is 0.933. The van der Waals surface area contributed by atoms with E-state index in [1.165, 1.54) is 0 Å². The average molecular weight is 281 g/mol. The molecule has 1 aromatic heterocycles. The van der Waals surface area contributed by atoms with Gasteiger partial charge in [0.25, 0.3) is 0 Å². The molecule has 3 heterocycles. The van der Waals surface area contributed by atoms with Gasteiger partial charge in [0.15, 0.2) is 0 Å². The second kappa shape index (κ2) is 5.19. The zero-order valence-corrected chi connectivity index (χ0v) is 12.0.